The molecule has 1 aliphatic rings. The van der Waals surface area contributed by atoms with Crippen LogP contribution in [0.5, 0.6) is 0 Å². The second kappa shape index (κ2) is 8.84. The van der Waals surface area contributed by atoms with Crippen molar-refractivity contribution in [1.82, 2.24) is 9.62 Å². The van der Waals surface area contributed by atoms with Crippen molar-refractivity contribution >= 4 is 22.1 Å². The first-order valence-corrected chi connectivity index (χ1v) is 10.3. The molecular weight excluding hydrogens is 348 g/mol. The second-order valence-electron chi connectivity index (χ2n) is 7.30. The average molecular weight is 378 g/mol. The van der Waals surface area contributed by atoms with Gasteiger partial charge in [-0.2, -0.15) is 4.31 Å². The van der Waals surface area contributed by atoms with Crippen LogP contribution in [-0.4, -0.2) is 62.4 Å². The van der Waals surface area contributed by atoms with E-state index in [1.54, 1.807) is 20.8 Å². The Kier molecular flexibility index (Phi) is 7.67. The van der Waals surface area contributed by atoms with Gasteiger partial charge in [-0.1, -0.05) is 6.42 Å². The summed E-state index contributed by atoms with van der Waals surface area (Å²) in [7, 11) is -2.03. The number of nitrogens with one attached hydrogen (secondary N) is 1. The van der Waals surface area contributed by atoms with Crippen LogP contribution in [0.1, 0.15) is 52.9 Å². The molecule has 0 radical (unpaired) electrons. The number of unbranched alkanes of at least 4 members (excludes halogenated alkanes) is 1. The van der Waals surface area contributed by atoms with Crippen LogP contribution >= 0.6 is 0 Å². The summed E-state index contributed by atoms with van der Waals surface area (Å²) in [5, 5.41) is 2.79. The molecule has 0 unspecified atom stereocenters. The zero-order valence-corrected chi connectivity index (χ0v) is 16.5. The van der Waals surface area contributed by atoms with Gasteiger partial charge in [-0.05, 0) is 40.0 Å². The van der Waals surface area contributed by atoms with Crippen LogP contribution in [0.15, 0.2) is 0 Å². The van der Waals surface area contributed by atoms with Crippen molar-refractivity contribution in [2.75, 3.05) is 19.9 Å². The van der Waals surface area contributed by atoms with Gasteiger partial charge in [-0.3, -0.25) is 4.79 Å². The van der Waals surface area contributed by atoms with Gasteiger partial charge in [-0.25, -0.2) is 13.2 Å². The van der Waals surface area contributed by atoms with E-state index in [-0.39, 0.29) is 18.1 Å². The number of sulfonamides is 1. The predicted molar refractivity (Wildman–Crippen MR) is 93.6 cm³/mol. The van der Waals surface area contributed by atoms with Gasteiger partial charge in [0.05, 0.1) is 19.4 Å². The molecule has 0 aromatic heterocycles. The van der Waals surface area contributed by atoms with Crippen LogP contribution in [0.25, 0.3) is 0 Å². The van der Waals surface area contributed by atoms with Gasteiger partial charge in [0.2, 0.25) is 10.0 Å². The zero-order chi connectivity index (χ0) is 19.3. The SMILES string of the molecule is COC(=O)CCCC[C@@H]1[C@@H](NC(=O)OC(C)(C)C)CCN1S(C)(=O)=O. The lowest BCUT2D eigenvalue weighted by Gasteiger charge is -2.28. The van der Waals surface area contributed by atoms with E-state index in [9.17, 15) is 18.0 Å². The minimum atomic E-state index is -3.36. The fraction of sp³-hybridized carbons (Fsp3) is 0.875. The van der Waals surface area contributed by atoms with Crippen molar-refractivity contribution in [2.45, 2.75) is 70.6 Å². The summed E-state index contributed by atoms with van der Waals surface area (Å²) < 4.78 is 35.3. The molecule has 1 rings (SSSR count). The number of carbonyl (C=O) groups excluding carboxylic acids is 2. The molecule has 146 valence electrons. The van der Waals surface area contributed by atoms with Crippen LogP contribution in [0.3, 0.4) is 0 Å². The van der Waals surface area contributed by atoms with Crippen LogP contribution < -0.4 is 5.32 Å². The van der Waals surface area contributed by atoms with E-state index < -0.39 is 21.7 Å². The lowest BCUT2D eigenvalue weighted by molar-refractivity contribution is -0.140. The fourth-order valence-electron chi connectivity index (χ4n) is 2.93. The standard InChI is InChI=1S/C16H30N2O6S/c1-16(2,3)24-15(20)17-12-10-11-18(25(5,21)22)13(12)8-6-7-9-14(19)23-4/h12-13H,6-11H2,1-5H3,(H,17,20)/t12-,13+/m0/s1. The Morgan fingerprint density at radius 1 is 1.24 bits per heavy atom. The first kappa shape index (κ1) is 21.7. The van der Waals surface area contributed by atoms with E-state index in [0.29, 0.717) is 38.6 Å². The summed E-state index contributed by atoms with van der Waals surface area (Å²) >= 11 is 0. The van der Waals surface area contributed by atoms with E-state index in [4.69, 9.17) is 4.74 Å². The van der Waals surface area contributed by atoms with Crippen LogP contribution in [0.2, 0.25) is 0 Å². The van der Waals surface area contributed by atoms with Crippen LogP contribution in [0, 0.1) is 0 Å². The Bertz CT molecular complexity index is 570. The summed E-state index contributed by atoms with van der Waals surface area (Å²) in [5.74, 6) is -0.283. The number of esters is 1. The lowest BCUT2D eigenvalue weighted by atomic mass is 10.0. The van der Waals surface area contributed by atoms with Gasteiger partial charge in [0.1, 0.15) is 5.60 Å². The molecule has 1 aliphatic heterocycles. The van der Waals surface area contributed by atoms with Gasteiger partial charge >= 0.3 is 12.1 Å². The normalized spacial score (nSPS) is 21.8. The number of rotatable bonds is 7. The largest absolute Gasteiger partial charge is 0.469 e. The van der Waals surface area contributed by atoms with Crippen molar-refractivity contribution in [3.8, 4) is 0 Å². The molecule has 1 heterocycles. The Morgan fingerprint density at radius 3 is 2.40 bits per heavy atom. The topological polar surface area (TPSA) is 102 Å². The molecule has 1 amide bonds. The summed E-state index contributed by atoms with van der Waals surface area (Å²) in [6, 6.07) is -0.636. The summed E-state index contributed by atoms with van der Waals surface area (Å²) in [6.45, 7) is 5.68. The predicted octanol–water partition coefficient (Wildman–Crippen LogP) is 1.65. The van der Waals surface area contributed by atoms with Gasteiger partial charge in [0.25, 0.3) is 0 Å². The van der Waals surface area contributed by atoms with Crippen molar-refractivity contribution in [3.05, 3.63) is 0 Å². The minimum Gasteiger partial charge on any atom is -0.469 e. The first-order valence-electron chi connectivity index (χ1n) is 8.47. The molecular formula is C16H30N2O6S. The van der Waals surface area contributed by atoms with Crippen molar-refractivity contribution in [1.29, 1.82) is 0 Å². The number of alkyl carbamates (subject to hydrolysis) is 1. The Hall–Kier alpha value is -1.35. The molecule has 0 aromatic carbocycles. The number of amides is 1. The highest BCUT2D eigenvalue weighted by Crippen LogP contribution is 2.26. The van der Waals surface area contributed by atoms with Gasteiger partial charge < -0.3 is 14.8 Å². The molecule has 9 heteroatoms. The first-order chi connectivity index (χ1) is 11.4. The number of nitrogens with zero attached hydrogens (tertiary/aromatic N) is 1. The van der Waals surface area contributed by atoms with E-state index >= 15 is 0 Å². The number of methoxy groups -OCH3 is 1. The molecule has 0 aliphatic carbocycles. The maximum absolute atomic E-state index is 12.0. The maximum Gasteiger partial charge on any atom is 0.407 e. The Morgan fingerprint density at radius 2 is 1.88 bits per heavy atom. The van der Waals surface area contributed by atoms with Gasteiger partial charge in [0.15, 0.2) is 0 Å². The molecule has 1 fully saturated rings. The molecule has 1 saturated heterocycles. The Balaban J connectivity index is 2.68. The monoisotopic (exact) mass is 378 g/mol. The smallest absolute Gasteiger partial charge is 0.407 e. The molecule has 8 nitrogen and oxygen atoms in total. The van der Waals surface area contributed by atoms with E-state index in [2.05, 4.69) is 10.1 Å². The molecule has 0 saturated carbocycles. The van der Waals surface area contributed by atoms with E-state index in [1.165, 1.54) is 17.7 Å². The highest BCUT2D eigenvalue weighted by Gasteiger charge is 2.40. The molecule has 2 atom stereocenters. The van der Waals surface area contributed by atoms with Crippen molar-refractivity contribution in [3.63, 3.8) is 0 Å². The number of carbonyl (C=O) groups is 2. The third-order valence-electron chi connectivity index (χ3n) is 3.98. The third kappa shape index (κ3) is 7.60. The zero-order valence-electron chi connectivity index (χ0n) is 15.7. The lowest BCUT2D eigenvalue weighted by Crippen LogP contribution is -2.47. The van der Waals surface area contributed by atoms with Crippen LogP contribution in [-0.2, 0) is 24.3 Å². The molecule has 25 heavy (non-hydrogen) atoms. The summed E-state index contributed by atoms with van der Waals surface area (Å²) in [4.78, 5) is 23.2. The van der Waals surface area contributed by atoms with Gasteiger partial charge in [0, 0.05) is 19.0 Å². The van der Waals surface area contributed by atoms with Gasteiger partial charge in [-0.15, -0.1) is 0 Å². The molecule has 0 spiro atoms. The highest BCUT2D eigenvalue weighted by atomic mass is 32.2. The van der Waals surface area contributed by atoms with Crippen LogP contribution in [0.4, 0.5) is 4.79 Å². The fourth-order valence-corrected chi connectivity index (χ4v) is 4.12. The molecule has 0 aromatic rings. The van der Waals surface area contributed by atoms with E-state index in [0.717, 1.165) is 0 Å². The molecule has 0 bridgehead atoms. The number of hydrogen-bond donors (Lipinski definition) is 1. The second-order valence-corrected chi connectivity index (χ2v) is 9.24. The number of ether oxygens (including phenoxy) is 2. The Labute approximate surface area is 150 Å². The minimum absolute atomic E-state index is 0.283. The average Bonchev–Trinajstić information content (AvgIpc) is 2.83. The summed E-state index contributed by atoms with van der Waals surface area (Å²) in [6.07, 6.45) is 3.29. The maximum atomic E-state index is 12.0. The number of hydrogen-bond acceptors (Lipinski definition) is 6. The van der Waals surface area contributed by atoms with Crippen molar-refractivity contribution in [2.24, 2.45) is 0 Å². The highest BCUT2D eigenvalue weighted by molar-refractivity contribution is 7.88. The van der Waals surface area contributed by atoms with Crippen molar-refractivity contribution < 1.29 is 27.5 Å². The summed E-state index contributed by atoms with van der Waals surface area (Å²) in [5.41, 5.74) is -0.616. The quantitative estimate of drug-likeness (QED) is 0.534. The van der Waals surface area contributed by atoms with E-state index in [1.807, 2.05) is 0 Å². The molecule has 1 N–H and O–H groups in total. The third-order valence-corrected chi connectivity index (χ3v) is 5.29.